The van der Waals surface area contributed by atoms with E-state index in [1.54, 1.807) is 0 Å². The second-order valence-corrected chi connectivity index (χ2v) is 5.30. The second-order valence-electron chi connectivity index (χ2n) is 5.30. The van der Waals surface area contributed by atoms with E-state index in [-0.39, 0.29) is 0 Å². The number of nitrogens with one attached hydrogen (secondary N) is 2. The molecule has 4 heteroatoms. The van der Waals surface area contributed by atoms with Crippen LogP contribution in [0.2, 0.25) is 0 Å². The fourth-order valence-corrected chi connectivity index (χ4v) is 2.88. The molecule has 0 aliphatic carbocycles. The van der Waals surface area contributed by atoms with Crippen molar-refractivity contribution in [3.8, 4) is 0 Å². The highest BCUT2D eigenvalue weighted by atomic mass is 15.1. The molecule has 0 radical (unpaired) electrons. The van der Waals surface area contributed by atoms with Crippen LogP contribution in [0.3, 0.4) is 0 Å². The van der Waals surface area contributed by atoms with E-state index in [1.165, 1.54) is 24.9 Å². The Labute approximate surface area is 114 Å². The molecule has 4 nitrogen and oxygen atoms in total. The van der Waals surface area contributed by atoms with Gasteiger partial charge in [0.1, 0.15) is 5.82 Å². The van der Waals surface area contributed by atoms with Crippen LogP contribution in [0.15, 0.2) is 24.3 Å². The van der Waals surface area contributed by atoms with Crippen molar-refractivity contribution in [3.05, 3.63) is 30.1 Å². The van der Waals surface area contributed by atoms with Gasteiger partial charge in [0, 0.05) is 25.7 Å². The molecule has 1 atom stereocenters. The normalized spacial score (nSPS) is 19.3. The topological polar surface area (TPSA) is 41.9 Å². The summed E-state index contributed by atoms with van der Waals surface area (Å²) in [6, 6.07) is 9.02. The third-order valence-corrected chi connectivity index (χ3v) is 3.91. The molecule has 3 rings (SSSR count). The summed E-state index contributed by atoms with van der Waals surface area (Å²) in [6.07, 6.45) is 2.62. The summed E-state index contributed by atoms with van der Waals surface area (Å²) in [5.41, 5.74) is 2.33. The summed E-state index contributed by atoms with van der Waals surface area (Å²) in [4.78, 5) is 4.59. The molecule has 0 spiro atoms. The molecule has 1 fully saturated rings. The average molecular weight is 258 g/mol. The molecule has 1 aliphatic heterocycles. The van der Waals surface area contributed by atoms with E-state index < -0.39 is 0 Å². The highest BCUT2D eigenvalue weighted by molar-refractivity contribution is 5.75. The van der Waals surface area contributed by atoms with E-state index in [0.29, 0.717) is 6.04 Å². The van der Waals surface area contributed by atoms with Crippen molar-refractivity contribution in [2.24, 2.45) is 0 Å². The van der Waals surface area contributed by atoms with E-state index in [4.69, 9.17) is 0 Å². The summed E-state index contributed by atoms with van der Waals surface area (Å²) in [5.74, 6) is 1.10. The van der Waals surface area contributed by atoms with Crippen molar-refractivity contribution in [2.75, 3.05) is 19.6 Å². The molecule has 1 aromatic heterocycles. The van der Waals surface area contributed by atoms with Gasteiger partial charge in [0.2, 0.25) is 0 Å². The van der Waals surface area contributed by atoms with Gasteiger partial charge in [0.25, 0.3) is 0 Å². The SMILES string of the molecule is Cc1nc2ccccc2n1CCNCC1CCCN1. The number of benzene rings is 1. The maximum absolute atomic E-state index is 4.59. The first-order chi connectivity index (χ1) is 9.34. The fraction of sp³-hybridized carbons (Fsp3) is 0.533. The van der Waals surface area contributed by atoms with Gasteiger partial charge in [-0.05, 0) is 38.4 Å². The van der Waals surface area contributed by atoms with Gasteiger partial charge in [0.15, 0.2) is 0 Å². The Kier molecular flexibility index (Phi) is 3.80. The maximum atomic E-state index is 4.59. The van der Waals surface area contributed by atoms with E-state index >= 15 is 0 Å². The zero-order chi connectivity index (χ0) is 13.1. The number of hydrogen-bond donors (Lipinski definition) is 2. The number of imidazole rings is 1. The van der Waals surface area contributed by atoms with Crippen LogP contribution in [0, 0.1) is 6.92 Å². The Morgan fingerprint density at radius 1 is 1.42 bits per heavy atom. The lowest BCUT2D eigenvalue weighted by atomic mass is 10.2. The second kappa shape index (κ2) is 5.72. The predicted octanol–water partition coefficient (Wildman–Crippen LogP) is 1.69. The van der Waals surface area contributed by atoms with Crippen molar-refractivity contribution >= 4 is 11.0 Å². The highest BCUT2D eigenvalue weighted by Crippen LogP contribution is 2.14. The molecule has 0 amide bonds. The zero-order valence-corrected chi connectivity index (χ0v) is 11.5. The lowest BCUT2D eigenvalue weighted by molar-refractivity contribution is 0.515. The first kappa shape index (κ1) is 12.6. The van der Waals surface area contributed by atoms with Crippen molar-refractivity contribution in [1.82, 2.24) is 20.2 Å². The predicted molar refractivity (Wildman–Crippen MR) is 78.4 cm³/mol. The number of fused-ring (bicyclic) bond motifs is 1. The molecule has 102 valence electrons. The number of hydrogen-bond acceptors (Lipinski definition) is 3. The summed E-state index contributed by atoms with van der Waals surface area (Å²) in [6.45, 7) is 6.32. The molecule has 2 N–H and O–H groups in total. The minimum Gasteiger partial charge on any atom is -0.327 e. The number of rotatable bonds is 5. The van der Waals surface area contributed by atoms with Gasteiger partial charge in [-0.2, -0.15) is 0 Å². The molecule has 1 aliphatic rings. The molecule has 0 bridgehead atoms. The smallest absolute Gasteiger partial charge is 0.106 e. The minimum atomic E-state index is 0.667. The van der Waals surface area contributed by atoms with E-state index in [1.807, 2.05) is 6.07 Å². The molecule has 0 saturated carbocycles. The minimum absolute atomic E-state index is 0.667. The van der Waals surface area contributed by atoms with E-state index in [2.05, 4.69) is 45.3 Å². The zero-order valence-electron chi connectivity index (χ0n) is 11.5. The highest BCUT2D eigenvalue weighted by Gasteiger charge is 2.13. The molecule has 1 saturated heterocycles. The monoisotopic (exact) mass is 258 g/mol. The van der Waals surface area contributed by atoms with E-state index in [0.717, 1.165) is 31.0 Å². The third kappa shape index (κ3) is 2.80. The lowest BCUT2D eigenvalue weighted by Gasteiger charge is -2.12. The Hall–Kier alpha value is -1.39. The van der Waals surface area contributed by atoms with Crippen LogP contribution in [0.4, 0.5) is 0 Å². The number of para-hydroxylation sites is 2. The Morgan fingerprint density at radius 3 is 3.16 bits per heavy atom. The summed E-state index contributed by atoms with van der Waals surface area (Å²) < 4.78 is 2.30. The van der Waals surface area contributed by atoms with Crippen molar-refractivity contribution < 1.29 is 0 Å². The largest absolute Gasteiger partial charge is 0.327 e. The molecular weight excluding hydrogens is 236 g/mol. The standard InChI is InChI=1S/C15H22N4/c1-12-18-14-6-2-3-7-15(14)19(12)10-9-16-11-13-5-4-8-17-13/h2-3,6-7,13,16-17H,4-5,8-11H2,1H3. The van der Waals surface area contributed by atoms with Crippen LogP contribution in [0.1, 0.15) is 18.7 Å². The van der Waals surface area contributed by atoms with Crippen molar-refractivity contribution in [2.45, 2.75) is 32.4 Å². The lowest BCUT2D eigenvalue weighted by Crippen LogP contribution is -2.35. The Morgan fingerprint density at radius 2 is 2.32 bits per heavy atom. The number of aryl methyl sites for hydroxylation is 1. The fourth-order valence-electron chi connectivity index (χ4n) is 2.88. The molecule has 1 unspecified atom stereocenters. The maximum Gasteiger partial charge on any atom is 0.106 e. The van der Waals surface area contributed by atoms with Crippen LogP contribution in [-0.4, -0.2) is 35.2 Å². The van der Waals surface area contributed by atoms with Gasteiger partial charge in [-0.25, -0.2) is 4.98 Å². The van der Waals surface area contributed by atoms with Gasteiger partial charge in [-0.15, -0.1) is 0 Å². The third-order valence-electron chi connectivity index (χ3n) is 3.91. The van der Waals surface area contributed by atoms with Gasteiger partial charge in [-0.3, -0.25) is 0 Å². The van der Waals surface area contributed by atoms with Crippen molar-refractivity contribution in [1.29, 1.82) is 0 Å². The quantitative estimate of drug-likeness (QED) is 0.802. The number of nitrogens with zero attached hydrogens (tertiary/aromatic N) is 2. The van der Waals surface area contributed by atoms with Crippen LogP contribution < -0.4 is 10.6 Å². The number of aromatic nitrogens is 2. The molecule has 1 aromatic carbocycles. The molecule has 2 aromatic rings. The summed E-state index contributed by atoms with van der Waals surface area (Å²) >= 11 is 0. The van der Waals surface area contributed by atoms with Crippen molar-refractivity contribution in [3.63, 3.8) is 0 Å². The van der Waals surface area contributed by atoms with E-state index in [9.17, 15) is 0 Å². The van der Waals surface area contributed by atoms with Crippen LogP contribution in [-0.2, 0) is 6.54 Å². The first-order valence-corrected chi connectivity index (χ1v) is 7.20. The van der Waals surface area contributed by atoms with Crippen LogP contribution in [0.5, 0.6) is 0 Å². The van der Waals surface area contributed by atoms with Crippen LogP contribution >= 0.6 is 0 Å². The summed E-state index contributed by atoms with van der Waals surface area (Å²) in [7, 11) is 0. The Balaban J connectivity index is 1.57. The summed E-state index contributed by atoms with van der Waals surface area (Å²) in [5, 5.41) is 7.06. The average Bonchev–Trinajstić information content (AvgIpc) is 3.02. The van der Waals surface area contributed by atoms with Gasteiger partial charge >= 0.3 is 0 Å². The van der Waals surface area contributed by atoms with Gasteiger partial charge in [-0.1, -0.05) is 12.1 Å². The van der Waals surface area contributed by atoms with Gasteiger partial charge < -0.3 is 15.2 Å². The van der Waals surface area contributed by atoms with Gasteiger partial charge in [0.05, 0.1) is 11.0 Å². The first-order valence-electron chi connectivity index (χ1n) is 7.20. The molecule has 19 heavy (non-hydrogen) atoms. The van der Waals surface area contributed by atoms with Crippen LogP contribution in [0.25, 0.3) is 11.0 Å². The molecule has 2 heterocycles. The Bertz CT molecular complexity index is 540. The molecular formula is C15H22N4.